The van der Waals surface area contributed by atoms with E-state index in [0.717, 1.165) is 18.5 Å². The van der Waals surface area contributed by atoms with E-state index in [1.807, 2.05) is 37.3 Å². The average Bonchev–Trinajstić information content (AvgIpc) is 2.60. The molecule has 5 heteroatoms. The Morgan fingerprint density at radius 1 is 1.35 bits per heavy atom. The van der Waals surface area contributed by atoms with Crippen LogP contribution in [-0.2, 0) is 11.3 Å². The minimum Gasteiger partial charge on any atom is -0.445 e. The highest BCUT2D eigenvalue weighted by Crippen LogP contribution is 2.18. The number of likely N-dealkylation sites (N-methyl/N-ethyl adjacent to an activating group) is 1. The van der Waals surface area contributed by atoms with Crippen molar-refractivity contribution < 1.29 is 14.6 Å². The van der Waals surface area contributed by atoms with Crippen LogP contribution in [0.3, 0.4) is 0 Å². The van der Waals surface area contributed by atoms with Crippen LogP contribution in [0.1, 0.15) is 31.7 Å². The van der Waals surface area contributed by atoms with Crippen LogP contribution in [0, 0.1) is 0 Å². The van der Waals surface area contributed by atoms with E-state index in [4.69, 9.17) is 4.74 Å². The standard InChI is InChI=1S/C18H28N2O3/c1-2-19(14-17-10-6-7-11-20(17)12-13-21)18(22)23-15-16-8-4-3-5-9-16/h3-5,8-9,17,21H,2,6-7,10-15H2,1H3. The van der Waals surface area contributed by atoms with Gasteiger partial charge in [0.05, 0.1) is 6.61 Å². The predicted molar refractivity (Wildman–Crippen MR) is 90.2 cm³/mol. The molecule has 1 atom stereocenters. The lowest BCUT2D eigenvalue weighted by Gasteiger charge is -2.37. The van der Waals surface area contributed by atoms with E-state index in [1.54, 1.807) is 4.90 Å². The maximum Gasteiger partial charge on any atom is 0.410 e. The molecule has 0 spiro atoms. The molecule has 1 aliphatic rings. The Kier molecular flexibility index (Phi) is 7.36. The molecule has 23 heavy (non-hydrogen) atoms. The molecule has 1 heterocycles. The number of ether oxygens (including phenoxy) is 1. The van der Waals surface area contributed by atoms with Gasteiger partial charge in [-0.05, 0) is 31.9 Å². The first-order chi connectivity index (χ1) is 11.2. The zero-order valence-electron chi connectivity index (χ0n) is 14.0. The van der Waals surface area contributed by atoms with Crippen LogP contribution >= 0.6 is 0 Å². The van der Waals surface area contributed by atoms with Gasteiger partial charge in [0, 0.05) is 25.7 Å². The molecule has 0 bridgehead atoms. The first-order valence-corrected chi connectivity index (χ1v) is 8.55. The van der Waals surface area contributed by atoms with Gasteiger partial charge in [0.1, 0.15) is 6.61 Å². The Bertz CT molecular complexity index is 465. The second-order valence-electron chi connectivity index (χ2n) is 5.99. The highest BCUT2D eigenvalue weighted by atomic mass is 16.6. The SMILES string of the molecule is CCN(CC1CCCCN1CCO)C(=O)OCc1ccccc1. The van der Waals surface area contributed by atoms with Gasteiger partial charge in [-0.3, -0.25) is 4.90 Å². The fourth-order valence-electron chi connectivity index (χ4n) is 3.09. The Morgan fingerprint density at radius 3 is 2.83 bits per heavy atom. The topological polar surface area (TPSA) is 53.0 Å². The molecule has 1 fully saturated rings. The third kappa shape index (κ3) is 5.52. The molecule has 5 nitrogen and oxygen atoms in total. The molecule has 0 aromatic heterocycles. The van der Waals surface area contributed by atoms with Gasteiger partial charge in [-0.15, -0.1) is 0 Å². The molecular formula is C18H28N2O3. The van der Waals surface area contributed by atoms with E-state index >= 15 is 0 Å². The van der Waals surface area contributed by atoms with Crippen LogP contribution in [0.4, 0.5) is 4.79 Å². The van der Waals surface area contributed by atoms with E-state index < -0.39 is 0 Å². The van der Waals surface area contributed by atoms with Gasteiger partial charge in [-0.2, -0.15) is 0 Å². The van der Waals surface area contributed by atoms with E-state index in [1.165, 1.54) is 12.8 Å². The average molecular weight is 320 g/mol. The number of aliphatic hydroxyl groups is 1. The number of piperidine rings is 1. The van der Waals surface area contributed by atoms with Crippen molar-refractivity contribution in [3.8, 4) is 0 Å². The molecule has 0 radical (unpaired) electrons. The Hall–Kier alpha value is -1.59. The summed E-state index contributed by atoms with van der Waals surface area (Å²) in [5.74, 6) is 0. The smallest absolute Gasteiger partial charge is 0.410 e. The van der Waals surface area contributed by atoms with Crippen molar-refractivity contribution in [3.05, 3.63) is 35.9 Å². The molecule has 0 aliphatic carbocycles. The maximum atomic E-state index is 12.3. The monoisotopic (exact) mass is 320 g/mol. The summed E-state index contributed by atoms with van der Waals surface area (Å²) in [5, 5.41) is 9.20. The second kappa shape index (κ2) is 9.53. The second-order valence-corrected chi connectivity index (χ2v) is 5.99. The fourth-order valence-corrected chi connectivity index (χ4v) is 3.09. The van der Waals surface area contributed by atoms with Crippen molar-refractivity contribution in [1.82, 2.24) is 9.80 Å². The third-order valence-electron chi connectivity index (χ3n) is 4.41. The molecule has 2 rings (SSSR count). The Labute approximate surface area is 138 Å². The zero-order valence-corrected chi connectivity index (χ0v) is 14.0. The molecule has 1 amide bonds. The summed E-state index contributed by atoms with van der Waals surface area (Å²) in [4.78, 5) is 16.4. The zero-order chi connectivity index (χ0) is 16.5. The third-order valence-corrected chi connectivity index (χ3v) is 4.41. The summed E-state index contributed by atoms with van der Waals surface area (Å²) in [5.41, 5.74) is 0.997. The van der Waals surface area contributed by atoms with Crippen LogP contribution in [-0.4, -0.2) is 59.8 Å². The number of nitrogens with zero attached hydrogens (tertiary/aromatic N) is 2. The van der Waals surface area contributed by atoms with Crippen molar-refractivity contribution in [2.75, 3.05) is 32.8 Å². The number of carbonyl (C=O) groups is 1. The van der Waals surface area contributed by atoms with E-state index in [9.17, 15) is 9.90 Å². The van der Waals surface area contributed by atoms with Gasteiger partial charge in [0.2, 0.25) is 0 Å². The van der Waals surface area contributed by atoms with Crippen molar-refractivity contribution in [2.45, 2.75) is 38.8 Å². The summed E-state index contributed by atoms with van der Waals surface area (Å²) in [6.07, 6.45) is 3.16. The summed E-state index contributed by atoms with van der Waals surface area (Å²) in [6.45, 7) is 5.44. The number of hydrogen-bond donors (Lipinski definition) is 1. The van der Waals surface area contributed by atoms with E-state index in [0.29, 0.717) is 32.3 Å². The highest BCUT2D eigenvalue weighted by Gasteiger charge is 2.26. The van der Waals surface area contributed by atoms with E-state index in [-0.39, 0.29) is 12.7 Å². The van der Waals surface area contributed by atoms with Crippen LogP contribution in [0.5, 0.6) is 0 Å². The van der Waals surface area contributed by atoms with Crippen LogP contribution in [0.15, 0.2) is 30.3 Å². The quantitative estimate of drug-likeness (QED) is 0.838. The molecule has 1 aromatic carbocycles. The number of aliphatic hydroxyl groups excluding tert-OH is 1. The minimum absolute atomic E-state index is 0.168. The van der Waals surface area contributed by atoms with Gasteiger partial charge in [-0.1, -0.05) is 36.8 Å². The van der Waals surface area contributed by atoms with Gasteiger partial charge in [0.15, 0.2) is 0 Å². The molecule has 1 unspecified atom stereocenters. The Morgan fingerprint density at radius 2 is 2.13 bits per heavy atom. The van der Waals surface area contributed by atoms with Crippen molar-refractivity contribution in [3.63, 3.8) is 0 Å². The lowest BCUT2D eigenvalue weighted by Crippen LogP contribution is -2.49. The summed E-state index contributed by atoms with van der Waals surface area (Å²) >= 11 is 0. The number of amides is 1. The molecular weight excluding hydrogens is 292 g/mol. The normalized spacial score (nSPS) is 18.6. The summed E-state index contributed by atoms with van der Waals surface area (Å²) in [6, 6.07) is 10.1. The number of carbonyl (C=O) groups excluding carboxylic acids is 1. The summed E-state index contributed by atoms with van der Waals surface area (Å²) in [7, 11) is 0. The lowest BCUT2D eigenvalue weighted by atomic mass is 10.0. The number of rotatable bonds is 7. The molecule has 128 valence electrons. The van der Waals surface area contributed by atoms with Crippen molar-refractivity contribution in [1.29, 1.82) is 0 Å². The van der Waals surface area contributed by atoms with Gasteiger partial charge < -0.3 is 14.7 Å². The lowest BCUT2D eigenvalue weighted by molar-refractivity contribution is 0.0642. The van der Waals surface area contributed by atoms with Crippen LogP contribution in [0.25, 0.3) is 0 Å². The molecule has 0 saturated carbocycles. The fraction of sp³-hybridized carbons (Fsp3) is 0.611. The van der Waals surface area contributed by atoms with Crippen molar-refractivity contribution >= 4 is 6.09 Å². The van der Waals surface area contributed by atoms with Crippen molar-refractivity contribution in [2.24, 2.45) is 0 Å². The van der Waals surface area contributed by atoms with Crippen LogP contribution < -0.4 is 0 Å². The molecule has 1 saturated heterocycles. The predicted octanol–water partition coefficient (Wildman–Crippen LogP) is 2.49. The van der Waals surface area contributed by atoms with Gasteiger partial charge in [-0.25, -0.2) is 4.79 Å². The van der Waals surface area contributed by atoms with Gasteiger partial charge >= 0.3 is 6.09 Å². The highest BCUT2D eigenvalue weighted by molar-refractivity contribution is 5.67. The first kappa shape index (κ1) is 17.8. The molecule has 1 N–H and O–H groups in total. The summed E-state index contributed by atoms with van der Waals surface area (Å²) < 4.78 is 5.44. The van der Waals surface area contributed by atoms with Crippen LogP contribution in [0.2, 0.25) is 0 Å². The van der Waals surface area contributed by atoms with Gasteiger partial charge in [0.25, 0.3) is 0 Å². The number of benzene rings is 1. The number of likely N-dealkylation sites (tertiary alicyclic amines) is 1. The Balaban J connectivity index is 1.86. The first-order valence-electron chi connectivity index (χ1n) is 8.55. The minimum atomic E-state index is -0.258. The number of β-amino-alcohol motifs (C(OH)–C–C–N with tert-alkyl or cyclic N) is 1. The largest absolute Gasteiger partial charge is 0.445 e. The molecule has 1 aliphatic heterocycles. The van der Waals surface area contributed by atoms with E-state index in [2.05, 4.69) is 4.90 Å². The molecule has 1 aromatic rings. The number of hydrogen-bond acceptors (Lipinski definition) is 4. The maximum absolute atomic E-state index is 12.3.